The minimum Gasteiger partial charge on any atom is -0.490 e. The molecule has 0 aliphatic carbocycles. The van der Waals surface area contributed by atoms with Gasteiger partial charge in [0.15, 0.2) is 0 Å². The number of hydrogen-bond acceptors (Lipinski definition) is 5. The summed E-state index contributed by atoms with van der Waals surface area (Å²) in [5.41, 5.74) is 0.744. The van der Waals surface area contributed by atoms with Crippen LogP contribution in [0.2, 0.25) is 0 Å². The van der Waals surface area contributed by atoms with Gasteiger partial charge in [0.1, 0.15) is 11.9 Å². The van der Waals surface area contributed by atoms with Gasteiger partial charge in [-0.15, -0.1) is 0 Å². The lowest BCUT2D eigenvalue weighted by Gasteiger charge is -2.36. The normalized spacial score (nSPS) is 19.6. The standard InChI is InChI=1S/C23H34N2O4/c1-18(6-11-22(26)28-2)24-16-12-21(13-17-24)29-20-9-7-19(8-10-20)23(27)25-14-4-3-5-15-25/h7-10,18,21H,3-6,11-17H2,1-2H3/t18-/m1/s1. The molecule has 29 heavy (non-hydrogen) atoms. The molecule has 0 spiro atoms. The molecule has 1 aromatic carbocycles. The van der Waals surface area contributed by atoms with Crippen molar-refractivity contribution >= 4 is 11.9 Å². The van der Waals surface area contributed by atoms with Crippen molar-refractivity contribution in [3.63, 3.8) is 0 Å². The third-order valence-electron chi connectivity index (χ3n) is 6.14. The largest absolute Gasteiger partial charge is 0.490 e. The molecule has 2 aliphatic rings. The Kier molecular flexibility index (Phi) is 7.92. The van der Waals surface area contributed by atoms with Crippen molar-refractivity contribution in [3.05, 3.63) is 29.8 Å². The van der Waals surface area contributed by atoms with E-state index < -0.39 is 0 Å². The molecule has 2 aliphatic heterocycles. The average molecular weight is 403 g/mol. The van der Waals surface area contributed by atoms with E-state index in [-0.39, 0.29) is 18.0 Å². The monoisotopic (exact) mass is 402 g/mol. The third kappa shape index (κ3) is 6.20. The molecule has 0 bridgehead atoms. The maximum absolute atomic E-state index is 12.6. The highest BCUT2D eigenvalue weighted by molar-refractivity contribution is 5.94. The lowest BCUT2D eigenvalue weighted by molar-refractivity contribution is -0.141. The highest BCUT2D eigenvalue weighted by Crippen LogP contribution is 2.22. The van der Waals surface area contributed by atoms with Crippen LogP contribution >= 0.6 is 0 Å². The number of rotatable bonds is 7. The number of piperidine rings is 2. The van der Waals surface area contributed by atoms with Crippen LogP contribution in [0.1, 0.15) is 62.2 Å². The first-order chi connectivity index (χ1) is 14.1. The zero-order valence-corrected chi connectivity index (χ0v) is 17.8. The van der Waals surface area contributed by atoms with Crippen molar-refractivity contribution in [1.29, 1.82) is 0 Å². The van der Waals surface area contributed by atoms with Crippen LogP contribution in [0.5, 0.6) is 5.75 Å². The molecule has 6 nitrogen and oxygen atoms in total. The quantitative estimate of drug-likeness (QED) is 0.654. The summed E-state index contributed by atoms with van der Waals surface area (Å²) in [6.45, 7) is 5.85. The predicted octanol–water partition coefficient (Wildman–Crippen LogP) is 3.50. The number of benzene rings is 1. The average Bonchev–Trinajstić information content (AvgIpc) is 2.78. The van der Waals surface area contributed by atoms with E-state index in [1.54, 1.807) is 0 Å². The SMILES string of the molecule is COC(=O)CC[C@@H](C)N1CCC(Oc2ccc(C(=O)N3CCCCC3)cc2)CC1. The molecule has 1 aromatic rings. The molecule has 1 amide bonds. The number of hydrogen-bond donors (Lipinski definition) is 0. The number of nitrogens with zero attached hydrogens (tertiary/aromatic N) is 2. The van der Waals surface area contributed by atoms with Gasteiger partial charge in [0.25, 0.3) is 5.91 Å². The van der Waals surface area contributed by atoms with E-state index in [0.29, 0.717) is 12.5 Å². The Hall–Kier alpha value is -2.08. The fourth-order valence-corrected chi connectivity index (χ4v) is 4.19. The number of likely N-dealkylation sites (tertiary alicyclic amines) is 2. The van der Waals surface area contributed by atoms with Crippen molar-refractivity contribution in [2.45, 2.75) is 64.0 Å². The van der Waals surface area contributed by atoms with Crippen LogP contribution in [-0.2, 0) is 9.53 Å². The third-order valence-corrected chi connectivity index (χ3v) is 6.14. The van der Waals surface area contributed by atoms with E-state index in [2.05, 4.69) is 11.8 Å². The zero-order valence-electron chi connectivity index (χ0n) is 17.8. The van der Waals surface area contributed by atoms with Gasteiger partial charge >= 0.3 is 5.97 Å². The Morgan fingerprint density at radius 3 is 2.31 bits per heavy atom. The minimum atomic E-state index is -0.141. The summed E-state index contributed by atoms with van der Waals surface area (Å²) in [6, 6.07) is 7.98. The molecule has 160 valence electrons. The fraction of sp³-hybridized carbons (Fsp3) is 0.652. The van der Waals surface area contributed by atoms with Crippen LogP contribution in [0.15, 0.2) is 24.3 Å². The Bertz CT molecular complexity index is 662. The minimum absolute atomic E-state index is 0.130. The van der Waals surface area contributed by atoms with E-state index in [9.17, 15) is 9.59 Å². The summed E-state index contributed by atoms with van der Waals surface area (Å²) in [6.07, 6.45) is 6.86. The van der Waals surface area contributed by atoms with E-state index in [0.717, 1.165) is 69.6 Å². The molecular weight excluding hydrogens is 368 g/mol. The summed E-state index contributed by atoms with van der Waals surface area (Å²) < 4.78 is 10.9. The first-order valence-corrected chi connectivity index (χ1v) is 10.9. The van der Waals surface area contributed by atoms with E-state index in [1.807, 2.05) is 29.2 Å². The second-order valence-corrected chi connectivity index (χ2v) is 8.19. The topological polar surface area (TPSA) is 59.1 Å². The van der Waals surface area contributed by atoms with Gasteiger partial charge in [0.05, 0.1) is 7.11 Å². The summed E-state index contributed by atoms with van der Waals surface area (Å²) in [5.74, 6) is 0.820. The molecule has 2 heterocycles. The van der Waals surface area contributed by atoms with Gasteiger partial charge in [0, 0.05) is 44.2 Å². The lowest BCUT2D eigenvalue weighted by Crippen LogP contribution is -2.43. The fourth-order valence-electron chi connectivity index (χ4n) is 4.19. The van der Waals surface area contributed by atoms with Gasteiger partial charge in [-0.3, -0.25) is 9.59 Å². The van der Waals surface area contributed by atoms with Crippen LogP contribution in [0.25, 0.3) is 0 Å². The van der Waals surface area contributed by atoms with Crippen LogP contribution in [0.4, 0.5) is 0 Å². The molecule has 2 fully saturated rings. The Balaban J connectivity index is 1.43. The van der Waals surface area contributed by atoms with Gasteiger partial charge in [-0.1, -0.05) is 0 Å². The summed E-state index contributed by atoms with van der Waals surface area (Å²) in [7, 11) is 1.44. The second-order valence-electron chi connectivity index (χ2n) is 8.19. The number of carbonyl (C=O) groups excluding carboxylic acids is 2. The maximum atomic E-state index is 12.6. The summed E-state index contributed by atoms with van der Waals surface area (Å²) in [4.78, 5) is 28.3. The van der Waals surface area contributed by atoms with Crippen molar-refractivity contribution in [1.82, 2.24) is 9.80 Å². The Morgan fingerprint density at radius 1 is 1.03 bits per heavy atom. The van der Waals surface area contributed by atoms with E-state index in [1.165, 1.54) is 13.5 Å². The molecule has 6 heteroatoms. The maximum Gasteiger partial charge on any atom is 0.305 e. The number of ether oxygens (including phenoxy) is 2. The second kappa shape index (κ2) is 10.6. The summed E-state index contributed by atoms with van der Waals surface area (Å²) >= 11 is 0. The van der Waals surface area contributed by atoms with Crippen molar-refractivity contribution in [3.8, 4) is 5.75 Å². The number of amides is 1. The van der Waals surface area contributed by atoms with Gasteiger partial charge in [-0.05, 0) is 69.7 Å². The van der Waals surface area contributed by atoms with Crippen molar-refractivity contribution in [2.75, 3.05) is 33.3 Å². The molecule has 0 radical (unpaired) electrons. The number of carbonyl (C=O) groups is 2. The van der Waals surface area contributed by atoms with Crippen LogP contribution in [-0.4, -0.2) is 67.1 Å². The van der Waals surface area contributed by atoms with Crippen molar-refractivity contribution in [2.24, 2.45) is 0 Å². The zero-order chi connectivity index (χ0) is 20.6. The molecular formula is C23H34N2O4. The first kappa shape index (κ1) is 21.6. The number of methoxy groups -OCH3 is 1. The lowest BCUT2D eigenvalue weighted by atomic mass is 10.0. The van der Waals surface area contributed by atoms with Gasteiger partial charge in [-0.2, -0.15) is 0 Å². The van der Waals surface area contributed by atoms with Crippen LogP contribution in [0.3, 0.4) is 0 Å². The van der Waals surface area contributed by atoms with Crippen molar-refractivity contribution < 1.29 is 19.1 Å². The van der Waals surface area contributed by atoms with E-state index in [4.69, 9.17) is 9.47 Å². The molecule has 0 saturated carbocycles. The Labute approximate surface area is 174 Å². The highest BCUT2D eigenvalue weighted by atomic mass is 16.5. The highest BCUT2D eigenvalue weighted by Gasteiger charge is 2.24. The van der Waals surface area contributed by atoms with E-state index >= 15 is 0 Å². The van der Waals surface area contributed by atoms with Crippen LogP contribution in [0, 0.1) is 0 Å². The van der Waals surface area contributed by atoms with Gasteiger partial charge in [-0.25, -0.2) is 0 Å². The molecule has 0 aromatic heterocycles. The first-order valence-electron chi connectivity index (χ1n) is 10.9. The molecule has 1 atom stereocenters. The molecule has 3 rings (SSSR count). The van der Waals surface area contributed by atoms with Gasteiger partial charge < -0.3 is 19.3 Å². The molecule has 0 unspecified atom stereocenters. The number of esters is 1. The molecule has 2 saturated heterocycles. The van der Waals surface area contributed by atoms with Crippen LogP contribution < -0.4 is 4.74 Å². The molecule has 0 N–H and O–H groups in total. The summed E-state index contributed by atoms with van der Waals surface area (Å²) in [5, 5.41) is 0. The van der Waals surface area contributed by atoms with Gasteiger partial charge in [0.2, 0.25) is 0 Å². The predicted molar refractivity (Wildman–Crippen MR) is 112 cm³/mol. The smallest absolute Gasteiger partial charge is 0.305 e. The Morgan fingerprint density at radius 2 is 1.69 bits per heavy atom.